The number of carbonyl (C=O) groups is 2. The summed E-state index contributed by atoms with van der Waals surface area (Å²) >= 11 is 0. The van der Waals surface area contributed by atoms with Crippen LogP contribution in [0.1, 0.15) is 18.9 Å². The third kappa shape index (κ3) is 3.72. The molecule has 2 amide bonds. The van der Waals surface area contributed by atoms with Crippen molar-refractivity contribution in [1.82, 2.24) is 4.90 Å². The molecule has 8 heteroatoms. The van der Waals surface area contributed by atoms with E-state index in [1.165, 1.54) is 37.4 Å². The third-order valence-corrected chi connectivity index (χ3v) is 5.64. The van der Waals surface area contributed by atoms with Crippen LogP contribution in [-0.2, 0) is 9.59 Å². The summed E-state index contributed by atoms with van der Waals surface area (Å²) in [6.45, 7) is 2.76. The number of nitrogens with one attached hydrogen (secondary N) is 2. The highest BCUT2D eigenvalue weighted by Gasteiger charge is 2.28. The van der Waals surface area contributed by atoms with Crippen molar-refractivity contribution in [2.45, 2.75) is 19.4 Å². The van der Waals surface area contributed by atoms with Crippen LogP contribution in [-0.4, -0.2) is 42.9 Å². The fourth-order valence-electron chi connectivity index (χ4n) is 3.85. The molecule has 0 radical (unpaired) electrons. The van der Waals surface area contributed by atoms with Crippen molar-refractivity contribution in [1.29, 1.82) is 0 Å². The molecule has 0 bridgehead atoms. The molecule has 0 spiro atoms. The SMILES string of the molecule is CC(=O)N(C)C1CCN(c2ccc(N/C=C3\C(=O)Nc4ccc(F)cc43)cc2F)C1. The van der Waals surface area contributed by atoms with Gasteiger partial charge < -0.3 is 20.4 Å². The van der Waals surface area contributed by atoms with E-state index in [4.69, 9.17) is 0 Å². The van der Waals surface area contributed by atoms with Gasteiger partial charge >= 0.3 is 0 Å². The van der Waals surface area contributed by atoms with E-state index in [1.54, 1.807) is 24.1 Å². The molecule has 1 atom stereocenters. The Hall–Kier alpha value is -3.42. The number of likely N-dealkylation sites (N-methyl/N-ethyl adjacent to an activating group) is 1. The van der Waals surface area contributed by atoms with Crippen molar-refractivity contribution in [2.75, 3.05) is 35.7 Å². The Morgan fingerprint density at radius 1 is 1.27 bits per heavy atom. The number of carbonyl (C=O) groups excluding carboxylic acids is 2. The lowest BCUT2D eigenvalue weighted by Crippen LogP contribution is -2.37. The smallest absolute Gasteiger partial charge is 0.257 e. The molecule has 1 fully saturated rings. The number of halogens is 2. The second-order valence-electron chi connectivity index (χ2n) is 7.53. The van der Waals surface area contributed by atoms with Crippen molar-refractivity contribution in [2.24, 2.45) is 0 Å². The minimum absolute atomic E-state index is 0.00712. The first-order valence-corrected chi connectivity index (χ1v) is 9.69. The Labute approximate surface area is 173 Å². The van der Waals surface area contributed by atoms with Gasteiger partial charge in [-0.15, -0.1) is 0 Å². The van der Waals surface area contributed by atoms with Gasteiger partial charge in [0.05, 0.1) is 17.3 Å². The van der Waals surface area contributed by atoms with Crippen LogP contribution in [0, 0.1) is 11.6 Å². The Balaban J connectivity index is 1.49. The molecule has 0 aliphatic carbocycles. The fourth-order valence-corrected chi connectivity index (χ4v) is 3.85. The topological polar surface area (TPSA) is 64.7 Å². The molecular formula is C22H22F2N4O2. The molecule has 0 saturated carbocycles. The van der Waals surface area contributed by atoms with E-state index in [0.29, 0.717) is 35.7 Å². The van der Waals surface area contributed by atoms with E-state index in [9.17, 15) is 18.4 Å². The number of benzene rings is 2. The van der Waals surface area contributed by atoms with Gasteiger partial charge in [-0.05, 0) is 42.8 Å². The lowest BCUT2D eigenvalue weighted by atomic mass is 10.1. The maximum atomic E-state index is 14.7. The lowest BCUT2D eigenvalue weighted by molar-refractivity contribution is -0.129. The number of rotatable bonds is 4. The largest absolute Gasteiger partial charge is 0.367 e. The van der Waals surface area contributed by atoms with Gasteiger partial charge in [0.25, 0.3) is 5.91 Å². The Bertz CT molecular complexity index is 1050. The molecule has 2 aromatic carbocycles. The average Bonchev–Trinajstić information content (AvgIpc) is 3.30. The van der Waals surface area contributed by atoms with E-state index in [1.807, 2.05) is 4.90 Å². The highest BCUT2D eigenvalue weighted by atomic mass is 19.1. The van der Waals surface area contributed by atoms with Gasteiger partial charge in [0.15, 0.2) is 0 Å². The molecule has 1 saturated heterocycles. The van der Waals surface area contributed by atoms with Crippen molar-refractivity contribution >= 4 is 34.4 Å². The summed E-state index contributed by atoms with van der Waals surface area (Å²) in [5, 5.41) is 5.59. The normalized spacial score (nSPS) is 19.1. The number of hydrogen-bond donors (Lipinski definition) is 2. The molecule has 2 heterocycles. The molecule has 6 nitrogen and oxygen atoms in total. The zero-order valence-corrected chi connectivity index (χ0v) is 16.7. The predicted molar refractivity (Wildman–Crippen MR) is 112 cm³/mol. The summed E-state index contributed by atoms with van der Waals surface area (Å²) in [6.07, 6.45) is 2.23. The number of hydrogen-bond acceptors (Lipinski definition) is 4. The zero-order chi connectivity index (χ0) is 21.4. The van der Waals surface area contributed by atoms with Crippen LogP contribution in [0.5, 0.6) is 0 Å². The van der Waals surface area contributed by atoms with Gasteiger partial charge in [0, 0.05) is 50.2 Å². The molecular weight excluding hydrogens is 390 g/mol. The summed E-state index contributed by atoms with van der Waals surface area (Å²) < 4.78 is 28.3. The monoisotopic (exact) mass is 412 g/mol. The van der Waals surface area contributed by atoms with Gasteiger partial charge in [0.1, 0.15) is 11.6 Å². The second-order valence-corrected chi connectivity index (χ2v) is 7.53. The van der Waals surface area contributed by atoms with Crippen LogP contribution < -0.4 is 15.5 Å². The van der Waals surface area contributed by atoms with Crippen LogP contribution in [0.15, 0.2) is 42.6 Å². The number of amides is 2. The third-order valence-electron chi connectivity index (χ3n) is 5.64. The number of anilines is 3. The van der Waals surface area contributed by atoms with Gasteiger partial charge in [-0.1, -0.05) is 0 Å². The zero-order valence-electron chi connectivity index (χ0n) is 16.7. The van der Waals surface area contributed by atoms with E-state index < -0.39 is 11.6 Å². The molecule has 2 N–H and O–H groups in total. The molecule has 1 unspecified atom stereocenters. The van der Waals surface area contributed by atoms with Crippen molar-refractivity contribution in [3.63, 3.8) is 0 Å². The molecule has 4 rings (SSSR count). The number of nitrogens with zero attached hydrogens (tertiary/aromatic N) is 2. The van der Waals surface area contributed by atoms with Crippen LogP contribution in [0.4, 0.5) is 25.8 Å². The molecule has 156 valence electrons. The highest BCUT2D eigenvalue weighted by Crippen LogP contribution is 2.33. The van der Waals surface area contributed by atoms with Crippen LogP contribution in [0.3, 0.4) is 0 Å². The first kappa shape index (κ1) is 19.9. The van der Waals surface area contributed by atoms with Gasteiger partial charge in [-0.25, -0.2) is 8.78 Å². The lowest BCUT2D eigenvalue weighted by Gasteiger charge is -2.24. The summed E-state index contributed by atoms with van der Waals surface area (Å²) in [6, 6.07) is 8.88. The average molecular weight is 412 g/mol. The fraction of sp³-hybridized carbons (Fsp3) is 0.273. The first-order valence-electron chi connectivity index (χ1n) is 9.69. The van der Waals surface area contributed by atoms with Crippen molar-refractivity contribution in [3.8, 4) is 0 Å². The van der Waals surface area contributed by atoms with E-state index in [2.05, 4.69) is 10.6 Å². The predicted octanol–water partition coefficient (Wildman–Crippen LogP) is 3.43. The summed E-state index contributed by atoms with van der Waals surface area (Å²) in [7, 11) is 1.76. The number of fused-ring (bicyclic) bond motifs is 1. The highest BCUT2D eigenvalue weighted by molar-refractivity contribution is 6.31. The maximum absolute atomic E-state index is 14.7. The minimum Gasteiger partial charge on any atom is -0.367 e. The second kappa shape index (κ2) is 7.78. The molecule has 30 heavy (non-hydrogen) atoms. The van der Waals surface area contributed by atoms with Crippen molar-refractivity contribution in [3.05, 3.63) is 59.8 Å². The Morgan fingerprint density at radius 2 is 2.07 bits per heavy atom. The quantitative estimate of drug-likeness (QED) is 0.756. The standard InChI is InChI=1S/C22H22F2N4O2/c1-13(29)27(2)16-7-8-28(12-16)21-6-4-15(10-19(21)24)25-11-18-17-9-14(23)3-5-20(17)26-22(18)30/h3-6,9-11,16,25H,7-8,12H2,1-2H3,(H,26,30)/b18-11-. The van der Waals surface area contributed by atoms with E-state index in [-0.39, 0.29) is 23.4 Å². The van der Waals surface area contributed by atoms with Gasteiger partial charge in [0.2, 0.25) is 5.91 Å². The summed E-state index contributed by atoms with van der Waals surface area (Å²) in [5.41, 5.74) is 2.22. The van der Waals surface area contributed by atoms with Crippen LogP contribution in [0.2, 0.25) is 0 Å². The van der Waals surface area contributed by atoms with Crippen LogP contribution in [0.25, 0.3) is 5.57 Å². The Morgan fingerprint density at radius 3 is 2.80 bits per heavy atom. The van der Waals surface area contributed by atoms with Crippen molar-refractivity contribution < 1.29 is 18.4 Å². The Kier molecular flexibility index (Phi) is 5.15. The molecule has 0 aromatic heterocycles. The molecule has 2 aliphatic rings. The molecule has 2 aromatic rings. The van der Waals surface area contributed by atoms with E-state index >= 15 is 0 Å². The maximum Gasteiger partial charge on any atom is 0.257 e. The summed E-state index contributed by atoms with van der Waals surface area (Å²) in [4.78, 5) is 27.3. The van der Waals surface area contributed by atoms with Crippen LogP contribution >= 0.6 is 0 Å². The van der Waals surface area contributed by atoms with Gasteiger partial charge in [-0.2, -0.15) is 0 Å². The van der Waals surface area contributed by atoms with E-state index in [0.717, 1.165) is 6.42 Å². The first-order chi connectivity index (χ1) is 14.3. The molecule has 2 aliphatic heterocycles. The minimum atomic E-state index is -0.439. The summed E-state index contributed by atoms with van der Waals surface area (Å²) in [5.74, 6) is -1.19. The van der Waals surface area contributed by atoms with Gasteiger partial charge in [-0.3, -0.25) is 9.59 Å².